The Balaban J connectivity index is 1.46. The van der Waals surface area contributed by atoms with Crippen molar-refractivity contribution in [3.8, 4) is 0 Å². The Labute approximate surface area is 196 Å². The Bertz CT molecular complexity index is 899. The molecular weight excluding hydrogens is 411 g/mol. The molecule has 2 aromatic carbocycles. The first-order valence-electron chi connectivity index (χ1n) is 11.9. The fraction of sp³-hybridized carbons (Fsp3) is 0.481. The van der Waals surface area contributed by atoms with E-state index in [4.69, 9.17) is 13.7 Å². The molecule has 0 aromatic heterocycles. The van der Waals surface area contributed by atoms with Gasteiger partial charge in [-0.2, -0.15) is 0 Å². The lowest BCUT2D eigenvalue weighted by atomic mass is 9.75. The van der Waals surface area contributed by atoms with Gasteiger partial charge >= 0.3 is 7.12 Å². The molecule has 170 valence electrons. The van der Waals surface area contributed by atoms with E-state index in [2.05, 4.69) is 108 Å². The van der Waals surface area contributed by atoms with Gasteiger partial charge in [-0.3, -0.25) is 0 Å². The monoisotopic (exact) mass is 448 g/mol. The topological polar surface area (TPSA) is 27.7 Å². The second-order valence-corrected chi connectivity index (χ2v) is 13.6. The predicted molar refractivity (Wildman–Crippen MR) is 136 cm³/mol. The third kappa shape index (κ3) is 5.12. The lowest BCUT2D eigenvalue weighted by Gasteiger charge is -2.40. The van der Waals surface area contributed by atoms with Crippen LogP contribution in [0.1, 0.15) is 60.8 Å². The van der Waals surface area contributed by atoms with Gasteiger partial charge in [0.05, 0.1) is 17.3 Å². The largest absolute Gasteiger partial charge is 0.490 e. The third-order valence-electron chi connectivity index (χ3n) is 6.85. The molecule has 1 saturated heterocycles. The molecule has 0 N–H and O–H groups in total. The highest BCUT2D eigenvalue weighted by Gasteiger charge is 2.56. The molecular formula is C27H37BO3Si. The van der Waals surface area contributed by atoms with Crippen molar-refractivity contribution in [2.45, 2.75) is 78.1 Å². The first-order chi connectivity index (χ1) is 15.1. The summed E-state index contributed by atoms with van der Waals surface area (Å²) in [6, 6.07) is 21.4. The maximum atomic E-state index is 6.83. The summed E-state index contributed by atoms with van der Waals surface area (Å²) >= 11 is 0. The Kier molecular flexibility index (Phi) is 6.57. The number of hydrogen-bond acceptors (Lipinski definition) is 3. The van der Waals surface area contributed by atoms with E-state index in [9.17, 15) is 0 Å². The lowest BCUT2D eigenvalue weighted by Crippen LogP contribution is -2.47. The number of benzene rings is 2. The fourth-order valence-corrected chi connectivity index (χ4v) is 7.45. The number of rotatable bonds is 6. The van der Waals surface area contributed by atoms with Crippen LogP contribution in [0.15, 0.2) is 72.2 Å². The van der Waals surface area contributed by atoms with Gasteiger partial charge < -0.3 is 13.7 Å². The molecule has 0 amide bonds. The van der Waals surface area contributed by atoms with Gasteiger partial charge in [-0.1, -0.05) is 87.5 Å². The standard InChI is InChI=1S/C27H37BO3Si/c1-25(2,3)20-27(6)26(4,5)30-28(31-27)21-17-18-22(19-21)29-32(23-13-9-7-10-14-23)24-15-11-8-12-16-24/h7-17,22,32H,18-20H2,1-6H3. The summed E-state index contributed by atoms with van der Waals surface area (Å²) in [7, 11) is -2.04. The summed E-state index contributed by atoms with van der Waals surface area (Å²) in [6.07, 6.45) is 5.20. The molecule has 1 fully saturated rings. The molecule has 3 nitrogen and oxygen atoms in total. The van der Waals surface area contributed by atoms with Gasteiger partial charge in [-0.05, 0) is 61.3 Å². The van der Waals surface area contributed by atoms with Crippen molar-refractivity contribution >= 4 is 26.5 Å². The molecule has 0 radical (unpaired) electrons. The second kappa shape index (κ2) is 8.94. The average Bonchev–Trinajstić information content (AvgIpc) is 3.28. The zero-order chi connectivity index (χ0) is 23.0. The van der Waals surface area contributed by atoms with E-state index in [1.165, 1.54) is 15.8 Å². The lowest BCUT2D eigenvalue weighted by molar-refractivity contribution is -0.0367. The Morgan fingerprint density at radius 1 is 0.938 bits per heavy atom. The van der Waals surface area contributed by atoms with Crippen LogP contribution in [-0.4, -0.2) is 33.5 Å². The summed E-state index contributed by atoms with van der Waals surface area (Å²) in [5.74, 6) is 0. The Morgan fingerprint density at radius 3 is 2.03 bits per heavy atom. The minimum atomic E-state index is -1.76. The van der Waals surface area contributed by atoms with Crippen LogP contribution in [0, 0.1) is 5.41 Å². The molecule has 5 heteroatoms. The predicted octanol–water partition coefficient (Wildman–Crippen LogP) is 4.68. The molecule has 1 heterocycles. The normalized spacial score (nSPS) is 25.4. The molecule has 32 heavy (non-hydrogen) atoms. The van der Waals surface area contributed by atoms with E-state index in [0.717, 1.165) is 19.3 Å². The van der Waals surface area contributed by atoms with Crippen LogP contribution in [0.3, 0.4) is 0 Å². The van der Waals surface area contributed by atoms with E-state index < -0.39 is 9.04 Å². The Hall–Kier alpha value is -1.66. The van der Waals surface area contributed by atoms with Crippen LogP contribution in [-0.2, 0) is 13.7 Å². The molecule has 2 aliphatic rings. The summed E-state index contributed by atoms with van der Waals surface area (Å²) in [5.41, 5.74) is 0.746. The molecule has 0 bridgehead atoms. The highest BCUT2D eigenvalue weighted by Crippen LogP contribution is 2.46. The van der Waals surface area contributed by atoms with Gasteiger partial charge in [0.15, 0.2) is 0 Å². The highest BCUT2D eigenvalue weighted by molar-refractivity contribution is 6.80. The average molecular weight is 448 g/mol. The zero-order valence-corrected chi connectivity index (χ0v) is 21.6. The summed E-state index contributed by atoms with van der Waals surface area (Å²) in [5, 5.41) is 2.64. The number of hydrogen-bond donors (Lipinski definition) is 0. The van der Waals surface area contributed by atoms with Crippen LogP contribution in [0.4, 0.5) is 0 Å². The maximum absolute atomic E-state index is 6.83. The smallest absolute Gasteiger partial charge is 0.407 e. The fourth-order valence-electron chi connectivity index (χ4n) is 5.02. The first kappa shape index (κ1) is 23.5. The zero-order valence-electron chi connectivity index (χ0n) is 20.4. The van der Waals surface area contributed by atoms with Crippen LogP contribution < -0.4 is 10.4 Å². The van der Waals surface area contributed by atoms with Crippen molar-refractivity contribution in [3.63, 3.8) is 0 Å². The van der Waals surface area contributed by atoms with Crippen molar-refractivity contribution in [1.82, 2.24) is 0 Å². The summed E-state index contributed by atoms with van der Waals surface area (Å²) < 4.78 is 19.9. The van der Waals surface area contributed by atoms with Crippen LogP contribution in [0.5, 0.6) is 0 Å². The van der Waals surface area contributed by atoms with Gasteiger partial charge in [0.25, 0.3) is 0 Å². The van der Waals surface area contributed by atoms with Crippen molar-refractivity contribution in [1.29, 1.82) is 0 Å². The SMILES string of the molecule is CC(C)(C)CC1(C)OB(C2=CCC(O[SiH](c3ccccc3)c3ccccc3)C2)OC1(C)C. The van der Waals surface area contributed by atoms with Gasteiger partial charge in [-0.15, -0.1) is 0 Å². The summed E-state index contributed by atoms with van der Waals surface area (Å²) in [6.45, 7) is 13.3. The van der Waals surface area contributed by atoms with Gasteiger partial charge in [0.1, 0.15) is 0 Å². The van der Waals surface area contributed by atoms with Crippen LogP contribution in [0.2, 0.25) is 0 Å². The van der Waals surface area contributed by atoms with Gasteiger partial charge in [-0.25, -0.2) is 0 Å². The van der Waals surface area contributed by atoms with Crippen LogP contribution in [0.25, 0.3) is 0 Å². The van der Waals surface area contributed by atoms with E-state index in [-0.39, 0.29) is 29.8 Å². The molecule has 2 atom stereocenters. The Morgan fingerprint density at radius 2 is 1.50 bits per heavy atom. The second-order valence-electron chi connectivity index (χ2n) is 11.2. The maximum Gasteiger partial charge on any atom is 0.490 e. The van der Waals surface area contributed by atoms with Gasteiger partial charge in [0.2, 0.25) is 9.04 Å². The van der Waals surface area contributed by atoms with Crippen molar-refractivity contribution in [2.75, 3.05) is 0 Å². The van der Waals surface area contributed by atoms with E-state index in [1.807, 2.05) is 0 Å². The molecule has 2 unspecified atom stereocenters. The molecule has 4 rings (SSSR count). The summed E-state index contributed by atoms with van der Waals surface area (Å²) in [4.78, 5) is 0. The highest BCUT2D eigenvalue weighted by atomic mass is 28.3. The molecule has 2 aromatic rings. The molecule has 1 aliphatic carbocycles. The van der Waals surface area contributed by atoms with Crippen molar-refractivity contribution in [3.05, 3.63) is 72.2 Å². The van der Waals surface area contributed by atoms with Crippen LogP contribution >= 0.6 is 0 Å². The van der Waals surface area contributed by atoms with Crippen molar-refractivity contribution < 1.29 is 13.7 Å². The minimum Gasteiger partial charge on any atom is -0.407 e. The first-order valence-corrected chi connectivity index (χ1v) is 13.5. The third-order valence-corrected chi connectivity index (χ3v) is 9.49. The molecule has 1 aliphatic heterocycles. The van der Waals surface area contributed by atoms with E-state index in [1.54, 1.807) is 0 Å². The van der Waals surface area contributed by atoms with E-state index in [0.29, 0.717) is 0 Å². The molecule has 0 spiro atoms. The molecule has 0 saturated carbocycles. The van der Waals surface area contributed by atoms with Crippen molar-refractivity contribution in [2.24, 2.45) is 5.41 Å². The van der Waals surface area contributed by atoms with Gasteiger partial charge in [0, 0.05) is 0 Å². The minimum absolute atomic E-state index is 0.171. The van der Waals surface area contributed by atoms with E-state index >= 15 is 0 Å². The quantitative estimate of drug-likeness (QED) is 0.601.